The Hall–Kier alpha value is -0.710. The van der Waals surface area contributed by atoms with Crippen LogP contribution in [0.3, 0.4) is 0 Å². The lowest BCUT2D eigenvalue weighted by molar-refractivity contribution is 0.705. The van der Waals surface area contributed by atoms with Gasteiger partial charge >= 0.3 is 0 Å². The van der Waals surface area contributed by atoms with E-state index in [2.05, 4.69) is 45.4 Å². The number of nitrogens with two attached hydrogens (primary N) is 1. The van der Waals surface area contributed by atoms with E-state index < -0.39 is 0 Å². The van der Waals surface area contributed by atoms with Crippen LogP contribution in [0.15, 0.2) is 28.1 Å². The summed E-state index contributed by atoms with van der Waals surface area (Å²) in [4.78, 5) is 4.45. The third-order valence-corrected chi connectivity index (χ3v) is 4.62. The Balaban J connectivity index is 2.20. The van der Waals surface area contributed by atoms with Crippen LogP contribution in [0, 0.1) is 13.8 Å². The van der Waals surface area contributed by atoms with Gasteiger partial charge in [0.1, 0.15) is 0 Å². The summed E-state index contributed by atoms with van der Waals surface area (Å²) >= 11 is 5.27. The molecule has 0 aliphatic carbocycles. The SMILES string of the molecule is Cc1nc(CC(N)c2cccc(C)c2Br)cs1. The molecule has 4 heteroatoms. The molecule has 0 saturated carbocycles. The monoisotopic (exact) mass is 310 g/mol. The summed E-state index contributed by atoms with van der Waals surface area (Å²) in [6.07, 6.45) is 0.784. The average molecular weight is 311 g/mol. The van der Waals surface area contributed by atoms with Gasteiger partial charge in [0.25, 0.3) is 0 Å². The van der Waals surface area contributed by atoms with Crippen molar-refractivity contribution < 1.29 is 0 Å². The van der Waals surface area contributed by atoms with E-state index in [0.29, 0.717) is 0 Å². The lowest BCUT2D eigenvalue weighted by Crippen LogP contribution is -2.14. The highest BCUT2D eigenvalue weighted by Crippen LogP contribution is 2.27. The molecule has 0 amide bonds. The molecule has 1 aromatic heterocycles. The molecule has 0 radical (unpaired) electrons. The van der Waals surface area contributed by atoms with E-state index in [4.69, 9.17) is 5.73 Å². The van der Waals surface area contributed by atoms with Crippen molar-refractivity contribution in [2.75, 3.05) is 0 Å². The number of hydrogen-bond acceptors (Lipinski definition) is 3. The fourth-order valence-electron chi connectivity index (χ4n) is 1.79. The quantitative estimate of drug-likeness (QED) is 0.937. The normalized spacial score (nSPS) is 12.7. The summed E-state index contributed by atoms with van der Waals surface area (Å²) in [6.45, 7) is 4.09. The largest absolute Gasteiger partial charge is 0.324 e. The Bertz CT molecular complexity index is 522. The van der Waals surface area contributed by atoms with Crippen molar-refractivity contribution in [2.45, 2.75) is 26.3 Å². The van der Waals surface area contributed by atoms with E-state index in [9.17, 15) is 0 Å². The van der Waals surface area contributed by atoms with Crippen LogP contribution in [0.4, 0.5) is 0 Å². The molecule has 1 unspecified atom stereocenters. The second-order valence-electron chi connectivity index (χ2n) is 4.15. The van der Waals surface area contributed by atoms with Gasteiger partial charge in [-0.05, 0) is 25.0 Å². The van der Waals surface area contributed by atoms with Crippen LogP contribution in [-0.4, -0.2) is 4.98 Å². The van der Waals surface area contributed by atoms with E-state index in [1.54, 1.807) is 11.3 Å². The van der Waals surface area contributed by atoms with Gasteiger partial charge in [-0.25, -0.2) is 4.98 Å². The van der Waals surface area contributed by atoms with Gasteiger partial charge in [-0.2, -0.15) is 0 Å². The predicted octanol–water partition coefficient (Wildman–Crippen LogP) is 3.76. The highest BCUT2D eigenvalue weighted by atomic mass is 79.9. The zero-order valence-corrected chi connectivity index (χ0v) is 12.3. The first-order valence-corrected chi connectivity index (χ1v) is 7.17. The van der Waals surface area contributed by atoms with Gasteiger partial charge in [0, 0.05) is 22.3 Å². The second-order valence-corrected chi connectivity index (χ2v) is 6.00. The lowest BCUT2D eigenvalue weighted by atomic mass is 10.0. The summed E-state index contributed by atoms with van der Waals surface area (Å²) in [5, 5.41) is 3.18. The Kier molecular flexibility index (Phi) is 3.97. The first-order chi connectivity index (χ1) is 8.08. The molecule has 90 valence electrons. The molecule has 1 atom stereocenters. The van der Waals surface area contributed by atoms with E-state index in [0.717, 1.165) is 27.2 Å². The van der Waals surface area contributed by atoms with Crippen LogP contribution in [0.1, 0.15) is 27.9 Å². The van der Waals surface area contributed by atoms with Gasteiger partial charge in [-0.3, -0.25) is 0 Å². The fourth-order valence-corrected chi connectivity index (χ4v) is 2.98. The highest BCUT2D eigenvalue weighted by molar-refractivity contribution is 9.10. The topological polar surface area (TPSA) is 38.9 Å². The Morgan fingerprint density at radius 2 is 2.18 bits per heavy atom. The van der Waals surface area contributed by atoms with Crippen molar-refractivity contribution >= 4 is 27.3 Å². The van der Waals surface area contributed by atoms with Gasteiger partial charge in [-0.1, -0.05) is 34.1 Å². The van der Waals surface area contributed by atoms with Gasteiger partial charge in [0.15, 0.2) is 0 Å². The van der Waals surface area contributed by atoms with Gasteiger partial charge in [0.05, 0.1) is 10.7 Å². The van der Waals surface area contributed by atoms with Gasteiger partial charge < -0.3 is 5.73 Å². The Morgan fingerprint density at radius 1 is 1.41 bits per heavy atom. The summed E-state index contributed by atoms with van der Waals surface area (Å²) in [6, 6.07) is 6.18. The molecule has 0 aliphatic rings. The number of hydrogen-bond donors (Lipinski definition) is 1. The van der Waals surface area contributed by atoms with Crippen molar-refractivity contribution in [1.82, 2.24) is 4.98 Å². The van der Waals surface area contributed by atoms with Crippen LogP contribution in [0.2, 0.25) is 0 Å². The van der Waals surface area contributed by atoms with Crippen molar-refractivity contribution in [1.29, 1.82) is 0 Å². The molecule has 2 aromatic rings. The molecule has 2 N–H and O–H groups in total. The van der Waals surface area contributed by atoms with E-state index >= 15 is 0 Å². The fraction of sp³-hybridized carbons (Fsp3) is 0.308. The standard InChI is InChI=1S/C13H15BrN2S/c1-8-4-3-5-11(13(8)14)12(15)6-10-7-17-9(2)16-10/h3-5,7,12H,6,15H2,1-2H3. The molecular formula is C13H15BrN2S. The van der Waals surface area contributed by atoms with Crippen molar-refractivity contribution in [2.24, 2.45) is 5.73 Å². The van der Waals surface area contributed by atoms with Crippen LogP contribution >= 0.6 is 27.3 Å². The number of halogens is 1. The first-order valence-electron chi connectivity index (χ1n) is 5.49. The number of benzene rings is 1. The van der Waals surface area contributed by atoms with Crippen LogP contribution in [0.5, 0.6) is 0 Å². The van der Waals surface area contributed by atoms with E-state index in [-0.39, 0.29) is 6.04 Å². The predicted molar refractivity (Wildman–Crippen MR) is 76.4 cm³/mol. The summed E-state index contributed by atoms with van der Waals surface area (Å²) in [7, 11) is 0. The zero-order valence-electron chi connectivity index (χ0n) is 9.90. The minimum absolute atomic E-state index is 0.00854. The number of aromatic nitrogens is 1. The molecule has 1 aromatic carbocycles. The van der Waals surface area contributed by atoms with E-state index in [1.807, 2.05) is 13.0 Å². The first kappa shape index (κ1) is 12.7. The Labute approximate surface area is 114 Å². The third-order valence-electron chi connectivity index (χ3n) is 2.72. The maximum absolute atomic E-state index is 6.24. The molecule has 2 nitrogen and oxygen atoms in total. The molecule has 2 rings (SSSR count). The summed E-state index contributed by atoms with van der Waals surface area (Å²) < 4.78 is 1.11. The molecule has 0 aliphatic heterocycles. The molecule has 1 heterocycles. The molecule has 17 heavy (non-hydrogen) atoms. The number of thiazole rings is 1. The van der Waals surface area contributed by atoms with E-state index in [1.165, 1.54) is 5.56 Å². The Morgan fingerprint density at radius 3 is 2.82 bits per heavy atom. The molecule has 0 bridgehead atoms. The van der Waals surface area contributed by atoms with Gasteiger partial charge in [-0.15, -0.1) is 11.3 Å². The smallest absolute Gasteiger partial charge is 0.0897 e. The number of rotatable bonds is 3. The zero-order chi connectivity index (χ0) is 12.4. The van der Waals surface area contributed by atoms with Crippen LogP contribution < -0.4 is 5.73 Å². The second kappa shape index (κ2) is 5.29. The molecule has 0 spiro atoms. The van der Waals surface area contributed by atoms with Crippen molar-refractivity contribution in [3.8, 4) is 0 Å². The van der Waals surface area contributed by atoms with Crippen molar-refractivity contribution in [3.05, 3.63) is 49.9 Å². The van der Waals surface area contributed by atoms with Crippen molar-refractivity contribution in [3.63, 3.8) is 0 Å². The third kappa shape index (κ3) is 2.94. The number of nitrogens with zero attached hydrogens (tertiary/aromatic N) is 1. The van der Waals surface area contributed by atoms with Crippen LogP contribution in [0.25, 0.3) is 0 Å². The maximum Gasteiger partial charge on any atom is 0.0897 e. The number of aryl methyl sites for hydroxylation is 2. The minimum atomic E-state index is -0.00854. The molecule has 0 saturated heterocycles. The lowest BCUT2D eigenvalue weighted by Gasteiger charge is -2.14. The average Bonchev–Trinajstić information content (AvgIpc) is 2.68. The highest BCUT2D eigenvalue weighted by Gasteiger charge is 2.13. The summed E-state index contributed by atoms with van der Waals surface area (Å²) in [5.74, 6) is 0. The molecular weight excluding hydrogens is 296 g/mol. The summed E-state index contributed by atoms with van der Waals surface area (Å²) in [5.41, 5.74) is 9.68. The molecule has 0 fully saturated rings. The maximum atomic E-state index is 6.24. The van der Waals surface area contributed by atoms with Gasteiger partial charge in [0.2, 0.25) is 0 Å². The van der Waals surface area contributed by atoms with Crippen LogP contribution in [-0.2, 0) is 6.42 Å². The minimum Gasteiger partial charge on any atom is -0.324 e.